The molecule has 1 aromatic carbocycles. The highest BCUT2D eigenvalue weighted by atomic mass is 127. The van der Waals surface area contributed by atoms with Crippen LogP contribution in [0.5, 0.6) is 11.5 Å². The number of halogens is 1. The first-order chi connectivity index (χ1) is 11.6. The van der Waals surface area contributed by atoms with E-state index in [2.05, 4.69) is 23.3 Å². The van der Waals surface area contributed by atoms with Gasteiger partial charge in [0.05, 0.1) is 14.2 Å². The van der Waals surface area contributed by atoms with Gasteiger partial charge in [-0.25, -0.2) is 0 Å². The van der Waals surface area contributed by atoms with E-state index in [9.17, 15) is 0 Å². The van der Waals surface area contributed by atoms with Crippen LogP contribution in [0.2, 0.25) is 0 Å². The minimum atomic E-state index is 0. The number of nitrogens with zero attached hydrogens (tertiary/aromatic N) is 1. The van der Waals surface area contributed by atoms with Gasteiger partial charge >= 0.3 is 0 Å². The van der Waals surface area contributed by atoms with Crippen LogP contribution >= 0.6 is 24.0 Å². The number of methoxy groups -OCH3 is 2. The molecule has 142 valence electrons. The molecule has 0 aromatic heterocycles. The van der Waals surface area contributed by atoms with Crippen molar-refractivity contribution < 1.29 is 9.47 Å². The monoisotopic (exact) mass is 461 g/mol. The van der Waals surface area contributed by atoms with Crippen LogP contribution in [0, 0.1) is 5.92 Å². The molecule has 0 saturated heterocycles. The molecule has 1 aliphatic carbocycles. The average Bonchev–Trinajstić information content (AvgIpc) is 2.60. The van der Waals surface area contributed by atoms with E-state index in [0.29, 0.717) is 17.9 Å². The van der Waals surface area contributed by atoms with Gasteiger partial charge in [-0.15, -0.1) is 24.0 Å². The van der Waals surface area contributed by atoms with E-state index in [0.717, 1.165) is 24.5 Å². The molecular weight excluding hydrogens is 429 g/mol. The highest BCUT2D eigenvalue weighted by Crippen LogP contribution is 2.28. The Hall–Kier alpha value is -1.18. The van der Waals surface area contributed by atoms with Crippen LogP contribution in [0.3, 0.4) is 0 Å². The minimum Gasteiger partial charge on any atom is -0.493 e. The van der Waals surface area contributed by atoms with Gasteiger partial charge in [0.15, 0.2) is 17.5 Å². The van der Waals surface area contributed by atoms with Gasteiger partial charge in [-0.1, -0.05) is 32.3 Å². The lowest BCUT2D eigenvalue weighted by Crippen LogP contribution is -2.41. The van der Waals surface area contributed by atoms with Crippen molar-refractivity contribution in [2.24, 2.45) is 16.6 Å². The van der Waals surface area contributed by atoms with Crippen molar-refractivity contribution in [3.05, 3.63) is 23.8 Å². The Kier molecular flexibility index (Phi) is 10.0. The summed E-state index contributed by atoms with van der Waals surface area (Å²) in [6.45, 7) is 2.91. The number of rotatable bonds is 7. The molecule has 3 N–H and O–H groups in total. The van der Waals surface area contributed by atoms with Gasteiger partial charge in [-0.05, 0) is 42.9 Å². The van der Waals surface area contributed by atoms with E-state index in [1.807, 2.05) is 12.1 Å². The summed E-state index contributed by atoms with van der Waals surface area (Å²) in [5, 5.41) is 3.36. The lowest BCUT2D eigenvalue weighted by Gasteiger charge is -2.23. The van der Waals surface area contributed by atoms with Gasteiger partial charge in [0, 0.05) is 12.6 Å². The van der Waals surface area contributed by atoms with Gasteiger partial charge in [0.25, 0.3) is 0 Å². The second-order valence-corrected chi connectivity index (χ2v) is 6.70. The molecule has 1 aliphatic rings. The van der Waals surface area contributed by atoms with Crippen molar-refractivity contribution in [3.63, 3.8) is 0 Å². The van der Waals surface area contributed by atoms with Gasteiger partial charge < -0.3 is 20.5 Å². The van der Waals surface area contributed by atoms with E-state index in [-0.39, 0.29) is 24.0 Å². The third-order valence-corrected chi connectivity index (χ3v) is 4.56. The zero-order valence-corrected chi connectivity index (χ0v) is 17.9. The summed E-state index contributed by atoms with van der Waals surface area (Å²) < 4.78 is 10.6. The zero-order valence-electron chi connectivity index (χ0n) is 15.6. The van der Waals surface area contributed by atoms with Crippen LogP contribution in [-0.2, 0) is 6.42 Å². The van der Waals surface area contributed by atoms with Gasteiger partial charge in [0.2, 0.25) is 0 Å². The molecule has 0 aliphatic heterocycles. The maximum atomic E-state index is 6.03. The lowest BCUT2D eigenvalue weighted by atomic mass is 9.96. The second-order valence-electron chi connectivity index (χ2n) is 6.70. The van der Waals surface area contributed by atoms with Crippen molar-refractivity contribution in [1.82, 2.24) is 5.32 Å². The number of guanidine groups is 1. The average molecular weight is 461 g/mol. The van der Waals surface area contributed by atoms with Crippen molar-refractivity contribution in [3.8, 4) is 11.5 Å². The normalized spacial score (nSPS) is 16.7. The van der Waals surface area contributed by atoms with Gasteiger partial charge in [0.1, 0.15) is 0 Å². The predicted molar refractivity (Wildman–Crippen MR) is 114 cm³/mol. The summed E-state index contributed by atoms with van der Waals surface area (Å²) in [7, 11) is 3.31. The predicted octanol–water partition coefficient (Wildman–Crippen LogP) is 3.74. The fourth-order valence-electron chi connectivity index (χ4n) is 3.23. The summed E-state index contributed by atoms with van der Waals surface area (Å²) in [5.41, 5.74) is 7.25. The first-order valence-corrected chi connectivity index (χ1v) is 8.89. The fraction of sp³-hybridized carbons (Fsp3) is 0.632. The Balaban J connectivity index is 0.00000312. The number of benzene rings is 1. The van der Waals surface area contributed by atoms with E-state index >= 15 is 0 Å². The molecule has 0 radical (unpaired) electrons. The molecular formula is C19H32IN3O2. The largest absolute Gasteiger partial charge is 0.493 e. The maximum Gasteiger partial charge on any atom is 0.188 e. The number of ether oxygens (including phenoxy) is 2. The van der Waals surface area contributed by atoms with E-state index in [4.69, 9.17) is 15.2 Å². The van der Waals surface area contributed by atoms with Crippen LogP contribution in [0.4, 0.5) is 0 Å². The summed E-state index contributed by atoms with van der Waals surface area (Å²) in [6.07, 6.45) is 7.27. The maximum absolute atomic E-state index is 6.03. The van der Waals surface area contributed by atoms with E-state index < -0.39 is 0 Å². The van der Waals surface area contributed by atoms with Gasteiger partial charge in [-0.3, -0.25) is 4.99 Å². The highest BCUT2D eigenvalue weighted by molar-refractivity contribution is 14.0. The molecule has 0 amide bonds. The fourth-order valence-corrected chi connectivity index (χ4v) is 3.23. The molecule has 5 nitrogen and oxygen atoms in total. The Labute approximate surface area is 168 Å². The molecule has 0 heterocycles. The smallest absolute Gasteiger partial charge is 0.188 e. The van der Waals surface area contributed by atoms with E-state index in [1.54, 1.807) is 14.2 Å². The lowest BCUT2D eigenvalue weighted by molar-refractivity contribution is 0.354. The quantitative estimate of drug-likeness (QED) is 0.369. The van der Waals surface area contributed by atoms with E-state index in [1.165, 1.54) is 37.7 Å². The minimum absolute atomic E-state index is 0. The molecule has 2 rings (SSSR count). The number of hydrogen-bond acceptors (Lipinski definition) is 3. The molecule has 1 saturated carbocycles. The third kappa shape index (κ3) is 7.30. The SMILES string of the molecule is COc1ccc(CC(C)CN=C(N)NC2CCCCC2)cc1OC.I. The number of nitrogens with one attached hydrogen (secondary N) is 1. The van der Waals surface area contributed by atoms with Crippen molar-refractivity contribution in [2.45, 2.75) is 51.5 Å². The Morgan fingerprint density at radius 3 is 2.52 bits per heavy atom. The molecule has 25 heavy (non-hydrogen) atoms. The molecule has 0 bridgehead atoms. The van der Waals surface area contributed by atoms with Crippen LogP contribution in [-0.4, -0.2) is 32.8 Å². The second kappa shape index (κ2) is 11.4. The third-order valence-electron chi connectivity index (χ3n) is 4.56. The first kappa shape index (κ1) is 21.9. The van der Waals surface area contributed by atoms with Gasteiger partial charge in [-0.2, -0.15) is 0 Å². The van der Waals surface area contributed by atoms with Crippen molar-refractivity contribution in [1.29, 1.82) is 0 Å². The topological polar surface area (TPSA) is 68.9 Å². The molecule has 1 aromatic rings. The molecule has 6 heteroatoms. The molecule has 1 atom stereocenters. The standard InChI is InChI=1S/C19H31N3O2.HI/c1-14(11-15-9-10-17(23-2)18(12-15)24-3)13-21-19(20)22-16-7-5-4-6-8-16;/h9-10,12,14,16H,4-8,11,13H2,1-3H3,(H3,20,21,22);1H. The Bertz CT molecular complexity index is 545. The summed E-state index contributed by atoms with van der Waals surface area (Å²) in [6, 6.07) is 6.56. The summed E-state index contributed by atoms with van der Waals surface area (Å²) in [4.78, 5) is 4.52. The van der Waals surface area contributed by atoms with Crippen LogP contribution < -0.4 is 20.5 Å². The number of nitrogens with two attached hydrogens (primary N) is 1. The van der Waals surface area contributed by atoms with Crippen molar-refractivity contribution >= 4 is 29.9 Å². The van der Waals surface area contributed by atoms with Crippen LogP contribution in [0.15, 0.2) is 23.2 Å². The molecule has 1 fully saturated rings. The molecule has 0 spiro atoms. The first-order valence-electron chi connectivity index (χ1n) is 8.89. The Morgan fingerprint density at radius 2 is 1.88 bits per heavy atom. The summed E-state index contributed by atoms with van der Waals surface area (Å²) in [5.74, 6) is 2.52. The van der Waals surface area contributed by atoms with Crippen LogP contribution in [0.1, 0.15) is 44.6 Å². The van der Waals surface area contributed by atoms with Crippen molar-refractivity contribution in [2.75, 3.05) is 20.8 Å². The molecule has 1 unspecified atom stereocenters. The number of aliphatic imine (C=N–C) groups is 1. The zero-order chi connectivity index (χ0) is 17.4. The number of hydrogen-bond donors (Lipinski definition) is 2. The highest BCUT2D eigenvalue weighted by Gasteiger charge is 2.13. The Morgan fingerprint density at radius 1 is 1.20 bits per heavy atom. The summed E-state index contributed by atoms with van der Waals surface area (Å²) >= 11 is 0. The van der Waals surface area contributed by atoms with Crippen LogP contribution in [0.25, 0.3) is 0 Å².